The molecule has 1 fully saturated rings. The number of benzene rings is 1. The van der Waals surface area contributed by atoms with E-state index in [4.69, 9.17) is 0 Å². The largest absolute Gasteiger partial charge is 0.390 e. The second kappa shape index (κ2) is 6.27. The second-order valence-electron chi connectivity index (χ2n) is 7.36. The molecule has 1 aromatic carbocycles. The van der Waals surface area contributed by atoms with Gasteiger partial charge in [-0.2, -0.15) is 0 Å². The Morgan fingerprint density at radius 3 is 2.43 bits per heavy atom. The quantitative estimate of drug-likeness (QED) is 0.868. The number of anilines is 1. The summed E-state index contributed by atoms with van der Waals surface area (Å²) in [6, 6.07) is 6.56. The van der Waals surface area contributed by atoms with Crippen molar-refractivity contribution in [1.29, 1.82) is 0 Å². The van der Waals surface area contributed by atoms with Crippen LogP contribution in [0.5, 0.6) is 0 Å². The van der Waals surface area contributed by atoms with Crippen LogP contribution in [0.2, 0.25) is 0 Å². The smallest absolute Gasteiger partial charge is 0.0653 e. The standard InChI is InChI=1S/C17H27BrN2O/c1-16(2,3)19-12-13-5-6-14(11-15(13)18)20-9-7-17(4,21)8-10-20/h5-6,11,19,21H,7-10,12H2,1-4H3. The maximum atomic E-state index is 10.0. The molecule has 3 nitrogen and oxygen atoms in total. The topological polar surface area (TPSA) is 35.5 Å². The van der Waals surface area contributed by atoms with E-state index in [0.29, 0.717) is 0 Å². The van der Waals surface area contributed by atoms with Crippen LogP contribution in [0.4, 0.5) is 5.69 Å². The summed E-state index contributed by atoms with van der Waals surface area (Å²) in [6.07, 6.45) is 1.66. The van der Waals surface area contributed by atoms with E-state index in [0.717, 1.165) is 36.9 Å². The number of hydrogen-bond donors (Lipinski definition) is 2. The predicted molar refractivity (Wildman–Crippen MR) is 92.8 cm³/mol. The molecule has 2 rings (SSSR count). The van der Waals surface area contributed by atoms with Gasteiger partial charge >= 0.3 is 0 Å². The van der Waals surface area contributed by atoms with E-state index in [2.05, 4.69) is 65.1 Å². The second-order valence-corrected chi connectivity index (χ2v) is 8.22. The molecular formula is C17H27BrN2O. The summed E-state index contributed by atoms with van der Waals surface area (Å²) < 4.78 is 1.15. The highest BCUT2D eigenvalue weighted by Gasteiger charge is 2.27. The van der Waals surface area contributed by atoms with Gasteiger partial charge in [-0.05, 0) is 58.2 Å². The zero-order chi connectivity index (χ0) is 15.7. The van der Waals surface area contributed by atoms with Gasteiger partial charge < -0.3 is 15.3 Å². The molecule has 1 aliphatic heterocycles. The van der Waals surface area contributed by atoms with Crippen molar-refractivity contribution < 1.29 is 5.11 Å². The van der Waals surface area contributed by atoms with Crippen LogP contribution < -0.4 is 10.2 Å². The van der Waals surface area contributed by atoms with Crippen LogP contribution in [0.3, 0.4) is 0 Å². The molecule has 1 aromatic rings. The molecule has 2 N–H and O–H groups in total. The third-order valence-electron chi connectivity index (χ3n) is 4.05. The van der Waals surface area contributed by atoms with Crippen LogP contribution in [0.1, 0.15) is 46.1 Å². The van der Waals surface area contributed by atoms with E-state index in [1.165, 1.54) is 11.3 Å². The third-order valence-corrected chi connectivity index (χ3v) is 4.79. The molecule has 0 bridgehead atoms. The molecule has 0 unspecified atom stereocenters. The summed E-state index contributed by atoms with van der Waals surface area (Å²) in [5, 5.41) is 13.6. The Balaban J connectivity index is 2.02. The van der Waals surface area contributed by atoms with E-state index in [1.807, 2.05) is 6.92 Å². The lowest BCUT2D eigenvalue weighted by Crippen LogP contribution is -2.42. The molecule has 0 saturated carbocycles. The minimum atomic E-state index is -0.496. The molecule has 0 radical (unpaired) electrons. The highest BCUT2D eigenvalue weighted by molar-refractivity contribution is 9.10. The Hall–Kier alpha value is -0.580. The van der Waals surface area contributed by atoms with Gasteiger partial charge in [-0.1, -0.05) is 22.0 Å². The summed E-state index contributed by atoms with van der Waals surface area (Å²) in [5.41, 5.74) is 2.13. The average Bonchev–Trinajstić information content (AvgIpc) is 2.36. The third kappa shape index (κ3) is 4.97. The normalized spacial score (nSPS) is 18.9. The summed E-state index contributed by atoms with van der Waals surface area (Å²) in [7, 11) is 0. The summed E-state index contributed by atoms with van der Waals surface area (Å²) >= 11 is 3.69. The summed E-state index contributed by atoms with van der Waals surface area (Å²) in [4.78, 5) is 2.35. The molecule has 0 atom stereocenters. The SMILES string of the molecule is CC1(O)CCN(c2ccc(CNC(C)(C)C)c(Br)c2)CC1. The number of aliphatic hydroxyl groups is 1. The Labute approximate surface area is 136 Å². The van der Waals surface area contributed by atoms with E-state index >= 15 is 0 Å². The van der Waals surface area contributed by atoms with E-state index in [9.17, 15) is 5.11 Å². The fraction of sp³-hybridized carbons (Fsp3) is 0.647. The summed E-state index contributed by atoms with van der Waals surface area (Å²) in [6.45, 7) is 11.2. The first-order valence-electron chi connectivity index (χ1n) is 7.67. The monoisotopic (exact) mass is 354 g/mol. The average molecular weight is 355 g/mol. The van der Waals surface area contributed by atoms with Gasteiger partial charge in [0.15, 0.2) is 0 Å². The van der Waals surface area contributed by atoms with E-state index < -0.39 is 5.60 Å². The lowest BCUT2D eigenvalue weighted by Gasteiger charge is -2.37. The van der Waals surface area contributed by atoms with Crippen molar-refractivity contribution in [3.63, 3.8) is 0 Å². The molecule has 4 heteroatoms. The van der Waals surface area contributed by atoms with Gasteiger partial charge in [0, 0.05) is 35.3 Å². The van der Waals surface area contributed by atoms with Crippen LogP contribution in [0.15, 0.2) is 22.7 Å². The van der Waals surface area contributed by atoms with E-state index in [1.54, 1.807) is 0 Å². The van der Waals surface area contributed by atoms with Crippen LogP contribution in [0.25, 0.3) is 0 Å². The number of halogens is 1. The Bertz CT molecular complexity index is 484. The van der Waals surface area contributed by atoms with Crippen molar-refractivity contribution in [2.45, 2.75) is 58.2 Å². The molecule has 0 spiro atoms. The first kappa shape index (κ1) is 16.8. The molecule has 118 valence electrons. The van der Waals surface area contributed by atoms with Crippen molar-refractivity contribution in [2.75, 3.05) is 18.0 Å². The molecule has 21 heavy (non-hydrogen) atoms. The van der Waals surface area contributed by atoms with Gasteiger partial charge in [0.2, 0.25) is 0 Å². The number of nitrogens with one attached hydrogen (secondary N) is 1. The molecule has 0 amide bonds. The highest BCUT2D eigenvalue weighted by Crippen LogP contribution is 2.29. The minimum absolute atomic E-state index is 0.122. The Morgan fingerprint density at radius 2 is 1.90 bits per heavy atom. The van der Waals surface area contributed by atoms with Crippen LogP contribution in [-0.4, -0.2) is 29.3 Å². The molecule has 1 saturated heterocycles. The van der Waals surface area contributed by atoms with Gasteiger partial charge in [0.25, 0.3) is 0 Å². The van der Waals surface area contributed by atoms with E-state index in [-0.39, 0.29) is 5.54 Å². The lowest BCUT2D eigenvalue weighted by molar-refractivity contribution is 0.0351. The van der Waals surface area contributed by atoms with Crippen molar-refractivity contribution in [1.82, 2.24) is 5.32 Å². The van der Waals surface area contributed by atoms with Gasteiger partial charge in [0.05, 0.1) is 5.60 Å². The molecule has 1 heterocycles. The van der Waals surface area contributed by atoms with Crippen molar-refractivity contribution >= 4 is 21.6 Å². The van der Waals surface area contributed by atoms with Gasteiger partial charge in [-0.3, -0.25) is 0 Å². The van der Waals surface area contributed by atoms with Crippen LogP contribution in [0, 0.1) is 0 Å². The van der Waals surface area contributed by atoms with Gasteiger partial charge in [-0.25, -0.2) is 0 Å². The van der Waals surface area contributed by atoms with Crippen molar-refractivity contribution in [2.24, 2.45) is 0 Å². The lowest BCUT2D eigenvalue weighted by atomic mass is 9.93. The van der Waals surface area contributed by atoms with Crippen LogP contribution in [-0.2, 0) is 6.54 Å². The first-order chi connectivity index (χ1) is 9.66. The van der Waals surface area contributed by atoms with Crippen LogP contribution >= 0.6 is 15.9 Å². The van der Waals surface area contributed by atoms with Gasteiger partial charge in [0.1, 0.15) is 0 Å². The zero-order valence-electron chi connectivity index (χ0n) is 13.5. The fourth-order valence-electron chi connectivity index (χ4n) is 2.48. The zero-order valence-corrected chi connectivity index (χ0v) is 15.1. The number of rotatable bonds is 3. The van der Waals surface area contributed by atoms with Crippen molar-refractivity contribution in [3.8, 4) is 0 Å². The molecule has 0 aliphatic carbocycles. The molecule has 0 aromatic heterocycles. The summed E-state index contributed by atoms with van der Waals surface area (Å²) in [5.74, 6) is 0. The Morgan fingerprint density at radius 1 is 1.29 bits per heavy atom. The number of hydrogen-bond acceptors (Lipinski definition) is 3. The highest BCUT2D eigenvalue weighted by atomic mass is 79.9. The number of nitrogens with zero attached hydrogens (tertiary/aromatic N) is 1. The predicted octanol–water partition coefficient (Wildman–Crippen LogP) is 3.69. The Kier molecular flexibility index (Phi) is 5.01. The number of piperidine rings is 1. The van der Waals surface area contributed by atoms with Gasteiger partial charge in [-0.15, -0.1) is 0 Å². The maximum absolute atomic E-state index is 10.0. The minimum Gasteiger partial charge on any atom is -0.390 e. The molecule has 1 aliphatic rings. The maximum Gasteiger partial charge on any atom is 0.0653 e. The molecular weight excluding hydrogens is 328 g/mol. The first-order valence-corrected chi connectivity index (χ1v) is 8.46. The van der Waals surface area contributed by atoms with Crippen molar-refractivity contribution in [3.05, 3.63) is 28.2 Å². The fourth-order valence-corrected chi connectivity index (χ4v) is 2.99.